The molecule has 1 saturated carbocycles. The summed E-state index contributed by atoms with van der Waals surface area (Å²) >= 11 is 3.67. The first-order valence-corrected chi connectivity index (χ1v) is 7.72. The van der Waals surface area contributed by atoms with Crippen LogP contribution in [0.3, 0.4) is 0 Å². The summed E-state index contributed by atoms with van der Waals surface area (Å²) < 4.78 is 1.20. The summed E-state index contributed by atoms with van der Waals surface area (Å²) in [5.41, 5.74) is 8.23. The molecule has 0 heterocycles. The van der Waals surface area contributed by atoms with Gasteiger partial charge >= 0.3 is 0 Å². The predicted octanol–water partition coefficient (Wildman–Crippen LogP) is 3.53. The molecular formula is C15H23BrN2. The minimum Gasteiger partial charge on any atom is -0.326 e. The Bertz CT molecular complexity index is 388. The van der Waals surface area contributed by atoms with Crippen molar-refractivity contribution in [1.82, 2.24) is 4.90 Å². The first kappa shape index (κ1) is 14.0. The molecule has 0 radical (unpaired) electrons. The highest BCUT2D eigenvalue weighted by Gasteiger charge is 2.24. The standard InChI is InChI=1S/C15H23BrN2/c1-2-7-18(10-12-3-4-12)11-14-6-5-13(9-17)8-15(14)16/h5-6,8,12H,2-4,7,9-11,17H2,1H3. The maximum Gasteiger partial charge on any atom is 0.0245 e. The zero-order valence-electron chi connectivity index (χ0n) is 11.2. The molecule has 2 N–H and O–H groups in total. The fraction of sp³-hybridized carbons (Fsp3) is 0.600. The lowest BCUT2D eigenvalue weighted by Gasteiger charge is -2.22. The third-order valence-electron chi connectivity index (χ3n) is 3.50. The summed E-state index contributed by atoms with van der Waals surface area (Å²) in [6, 6.07) is 6.50. The van der Waals surface area contributed by atoms with E-state index < -0.39 is 0 Å². The van der Waals surface area contributed by atoms with Gasteiger partial charge in [0.05, 0.1) is 0 Å². The van der Waals surface area contributed by atoms with E-state index in [9.17, 15) is 0 Å². The molecule has 100 valence electrons. The summed E-state index contributed by atoms with van der Waals surface area (Å²) in [5.74, 6) is 0.957. The van der Waals surface area contributed by atoms with E-state index in [2.05, 4.69) is 46.0 Å². The van der Waals surface area contributed by atoms with Crippen LogP contribution in [0.4, 0.5) is 0 Å². The maximum absolute atomic E-state index is 5.66. The van der Waals surface area contributed by atoms with E-state index >= 15 is 0 Å². The lowest BCUT2D eigenvalue weighted by Crippen LogP contribution is -2.26. The Morgan fingerprint density at radius 3 is 2.72 bits per heavy atom. The molecule has 3 heteroatoms. The SMILES string of the molecule is CCCN(Cc1ccc(CN)cc1Br)CC1CC1. The van der Waals surface area contributed by atoms with E-state index in [0.717, 1.165) is 12.5 Å². The second kappa shape index (κ2) is 6.69. The molecule has 2 nitrogen and oxygen atoms in total. The van der Waals surface area contributed by atoms with E-state index in [4.69, 9.17) is 5.73 Å². The molecule has 18 heavy (non-hydrogen) atoms. The third kappa shape index (κ3) is 4.08. The van der Waals surface area contributed by atoms with E-state index in [0.29, 0.717) is 6.54 Å². The van der Waals surface area contributed by atoms with Crippen molar-refractivity contribution in [2.75, 3.05) is 13.1 Å². The Balaban J connectivity index is 2.00. The minimum atomic E-state index is 0.611. The van der Waals surface area contributed by atoms with Crippen LogP contribution in [-0.2, 0) is 13.1 Å². The average Bonchev–Trinajstić information content (AvgIpc) is 3.16. The van der Waals surface area contributed by atoms with E-state index in [1.807, 2.05) is 0 Å². The summed E-state index contributed by atoms with van der Waals surface area (Å²) in [6.07, 6.45) is 4.08. The Morgan fingerprint density at radius 1 is 1.39 bits per heavy atom. The highest BCUT2D eigenvalue weighted by atomic mass is 79.9. The van der Waals surface area contributed by atoms with Gasteiger partial charge in [-0.15, -0.1) is 0 Å². The van der Waals surface area contributed by atoms with Crippen LogP contribution < -0.4 is 5.73 Å². The fourth-order valence-electron chi connectivity index (χ4n) is 2.30. The Hall–Kier alpha value is -0.380. The van der Waals surface area contributed by atoms with Crippen LogP contribution in [0.25, 0.3) is 0 Å². The van der Waals surface area contributed by atoms with Crippen LogP contribution in [0.5, 0.6) is 0 Å². The van der Waals surface area contributed by atoms with Crippen LogP contribution >= 0.6 is 15.9 Å². The molecule has 0 spiro atoms. The summed E-state index contributed by atoms with van der Waals surface area (Å²) in [6.45, 7) is 6.38. The number of nitrogens with two attached hydrogens (primary N) is 1. The molecule has 0 unspecified atom stereocenters. The van der Waals surface area contributed by atoms with Crippen molar-refractivity contribution in [3.05, 3.63) is 33.8 Å². The molecule has 0 bridgehead atoms. The van der Waals surface area contributed by atoms with E-state index in [-0.39, 0.29) is 0 Å². The van der Waals surface area contributed by atoms with Crippen LogP contribution in [0.2, 0.25) is 0 Å². The van der Waals surface area contributed by atoms with Crippen molar-refractivity contribution < 1.29 is 0 Å². The van der Waals surface area contributed by atoms with Gasteiger partial charge in [0.1, 0.15) is 0 Å². The van der Waals surface area contributed by atoms with Gasteiger partial charge in [0, 0.05) is 24.1 Å². The molecule has 0 saturated heterocycles. The largest absolute Gasteiger partial charge is 0.326 e. The predicted molar refractivity (Wildman–Crippen MR) is 80.3 cm³/mol. The number of halogens is 1. The second-order valence-corrected chi connectivity index (χ2v) is 6.16. The number of benzene rings is 1. The molecule has 1 aliphatic carbocycles. The number of hydrogen-bond donors (Lipinski definition) is 1. The Labute approximate surface area is 119 Å². The van der Waals surface area contributed by atoms with Gasteiger partial charge in [0.15, 0.2) is 0 Å². The van der Waals surface area contributed by atoms with Crippen LogP contribution in [-0.4, -0.2) is 18.0 Å². The van der Waals surface area contributed by atoms with E-state index in [1.54, 1.807) is 0 Å². The summed E-state index contributed by atoms with van der Waals surface area (Å²) in [5, 5.41) is 0. The molecule has 1 fully saturated rings. The highest BCUT2D eigenvalue weighted by Crippen LogP contribution is 2.30. The lowest BCUT2D eigenvalue weighted by atomic mass is 10.1. The Morgan fingerprint density at radius 2 is 2.17 bits per heavy atom. The van der Waals surface area contributed by atoms with Gasteiger partial charge in [-0.3, -0.25) is 4.90 Å². The van der Waals surface area contributed by atoms with Crippen LogP contribution in [0, 0.1) is 5.92 Å². The van der Waals surface area contributed by atoms with Gasteiger partial charge < -0.3 is 5.73 Å². The van der Waals surface area contributed by atoms with Crippen molar-refractivity contribution >= 4 is 15.9 Å². The minimum absolute atomic E-state index is 0.611. The Kier molecular flexibility index (Phi) is 5.22. The zero-order valence-corrected chi connectivity index (χ0v) is 12.7. The second-order valence-electron chi connectivity index (χ2n) is 5.31. The van der Waals surface area contributed by atoms with Crippen LogP contribution in [0.1, 0.15) is 37.3 Å². The van der Waals surface area contributed by atoms with Gasteiger partial charge in [-0.2, -0.15) is 0 Å². The topological polar surface area (TPSA) is 29.3 Å². The average molecular weight is 311 g/mol. The van der Waals surface area contributed by atoms with Gasteiger partial charge in [-0.05, 0) is 48.9 Å². The number of rotatable bonds is 7. The quantitative estimate of drug-likeness (QED) is 0.835. The third-order valence-corrected chi connectivity index (χ3v) is 4.24. The van der Waals surface area contributed by atoms with Crippen molar-refractivity contribution in [2.45, 2.75) is 39.3 Å². The molecule has 0 aliphatic heterocycles. The van der Waals surface area contributed by atoms with Crippen molar-refractivity contribution in [3.63, 3.8) is 0 Å². The molecule has 2 rings (SSSR count). The van der Waals surface area contributed by atoms with Gasteiger partial charge in [-0.1, -0.05) is 35.0 Å². The molecular weight excluding hydrogens is 288 g/mol. The maximum atomic E-state index is 5.66. The smallest absolute Gasteiger partial charge is 0.0245 e. The van der Waals surface area contributed by atoms with Crippen molar-refractivity contribution in [3.8, 4) is 0 Å². The van der Waals surface area contributed by atoms with Gasteiger partial charge in [-0.25, -0.2) is 0 Å². The first-order valence-electron chi connectivity index (χ1n) is 6.92. The van der Waals surface area contributed by atoms with Crippen molar-refractivity contribution in [2.24, 2.45) is 11.7 Å². The fourth-order valence-corrected chi connectivity index (χ4v) is 2.86. The van der Waals surface area contributed by atoms with Crippen molar-refractivity contribution in [1.29, 1.82) is 0 Å². The van der Waals surface area contributed by atoms with E-state index in [1.165, 1.54) is 48.0 Å². The highest BCUT2D eigenvalue weighted by molar-refractivity contribution is 9.10. The summed E-state index contributed by atoms with van der Waals surface area (Å²) in [4.78, 5) is 2.58. The normalized spacial score (nSPS) is 15.3. The molecule has 1 aromatic rings. The van der Waals surface area contributed by atoms with Crippen LogP contribution in [0.15, 0.2) is 22.7 Å². The monoisotopic (exact) mass is 310 g/mol. The molecule has 1 aliphatic rings. The van der Waals surface area contributed by atoms with Gasteiger partial charge in [0.2, 0.25) is 0 Å². The zero-order chi connectivity index (χ0) is 13.0. The molecule has 0 amide bonds. The number of nitrogens with zero attached hydrogens (tertiary/aromatic N) is 1. The molecule has 0 aromatic heterocycles. The molecule has 1 aromatic carbocycles. The van der Waals surface area contributed by atoms with Gasteiger partial charge in [0.25, 0.3) is 0 Å². The molecule has 0 atom stereocenters. The first-order chi connectivity index (χ1) is 8.72. The number of hydrogen-bond acceptors (Lipinski definition) is 2. The summed E-state index contributed by atoms with van der Waals surface area (Å²) in [7, 11) is 0. The lowest BCUT2D eigenvalue weighted by molar-refractivity contribution is 0.254.